The molecule has 135 heavy (non-hydrogen) atoms. The minimum Gasteiger partial charge on any atom is -0.357 e. The minimum atomic E-state index is -0.552. The van der Waals surface area contributed by atoms with Gasteiger partial charge in [-0.15, -0.1) is 0 Å². The maximum Gasteiger partial charge on any atom is 0.259 e. The van der Waals surface area contributed by atoms with Crippen molar-refractivity contribution in [1.29, 1.82) is 21.6 Å². The molecule has 0 spiro atoms. The summed E-state index contributed by atoms with van der Waals surface area (Å²) in [7, 11) is 0. The van der Waals surface area contributed by atoms with Crippen LogP contribution in [-0.4, -0.2) is 162 Å². The molecule has 0 aliphatic carbocycles. The van der Waals surface area contributed by atoms with Gasteiger partial charge in [-0.1, -0.05) is 157 Å². The number of nitrogens with one attached hydrogen (secondary N) is 12. The van der Waals surface area contributed by atoms with Crippen LogP contribution in [0.4, 0.5) is 46.0 Å². The Bertz CT molecular complexity index is 6200. The molecule has 4 aliphatic heterocycles. The van der Waals surface area contributed by atoms with Crippen LogP contribution in [-0.2, 0) is 0 Å². The summed E-state index contributed by atoms with van der Waals surface area (Å²) < 4.78 is 0.695. The molecule has 0 bridgehead atoms. The topological polar surface area (TPSA) is 393 Å². The van der Waals surface area contributed by atoms with E-state index in [9.17, 15) is 38.4 Å². The summed E-state index contributed by atoms with van der Waals surface area (Å²) in [5, 5.41) is 58.2. The van der Waals surface area contributed by atoms with E-state index in [4.69, 9.17) is 114 Å². The number of likely N-dealkylation sites (tertiary alicyclic amines) is 4. The SMILES string of the molecule is N=C(c1ccc(C(=O)Nc2c(Cl)cc(Cl)cc2C(=O)Nc2ccc(Cl)cn2)cc1)N1CCCC1.N=C(c1ccc(C(=O)Nc2ccc(Br)cc2C(=O)Nc2ccc(Cl)cn2)cc1)N1CCCCC1.N=C(c1ccc(C(=O)Nc2ccc(Cl)cc2C(=O)Nc2ccc(Cl)cn2)cc1)N1CCCC1.N=C(c1ccc(C(=O)Nc2ccc(Cl)cc2C(=O)Nc2ccc(Cl)cn2)cc1)N1CCCCC1. The number of carbonyl (C=O) groups excluding carboxylic acids is 8. The van der Waals surface area contributed by atoms with Crippen molar-refractivity contribution in [1.82, 2.24) is 39.5 Å². The number of amidine groups is 4. The molecular weight excluding hydrogens is 1950 g/mol. The van der Waals surface area contributed by atoms with E-state index in [1.54, 1.807) is 188 Å². The van der Waals surface area contributed by atoms with Crippen LogP contribution in [0.15, 0.2) is 242 Å². The predicted octanol–water partition coefficient (Wildman–Crippen LogP) is 22.8. The lowest BCUT2D eigenvalue weighted by molar-refractivity contribution is 0.101. The van der Waals surface area contributed by atoms with Crippen LogP contribution in [0.3, 0.4) is 0 Å². The number of anilines is 8. The van der Waals surface area contributed by atoms with Crippen molar-refractivity contribution in [3.63, 3.8) is 0 Å². The van der Waals surface area contributed by atoms with Crippen LogP contribution in [0.1, 0.15) is 169 Å². The number of benzene rings is 8. The van der Waals surface area contributed by atoms with Crippen molar-refractivity contribution in [2.24, 2.45) is 0 Å². The predicted molar refractivity (Wildman–Crippen MR) is 540 cm³/mol. The first-order valence-electron chi connectivity index (χ1n) is 42.6. The molecule has 12 aromatic rings. The average molecular weight is 2040 g/mol. The molecule has 0 saturated carbocycles. The zero-order valence-corrected chi connectivity index (χ0v) is 79.6. The molecule has 37 heteroatoms. The Morgan fingerprint density at radius 2 is 0.481 bits per heavy atom. The Morgan fingerprint density at radius 1 is 0.244 bits per heavy atom. The van der Waals surface area contributed by atoms with Gasteiger partial charge in [0.25, 0.3) is 47.3 Å². The third-order valence-electron chi connectivity index (χ3n) is 21.7. The summed E-state index contributed by atoms with van der Waals surface area (Å²) in [5.41, 5.74) is 6.51. The Labute approximate surface area is 826 Å². The van der Waals surface area contributed by atoms with E-state index in [1.165, 1.54) is 61.9 Å². The van der Waals surface area contributed by atoms with Crippen LogP contribution >= 0.6 is 109 Å². The molecule has 690 valence electrons. The van der Waals surface area contributed by atoms with Crippen LogP contribution in [0.5, 0.6) is 0 Å². The van der Waals surface area contributed by atoms with E-state index >= 15 is 0 Å². The highest BCUT2D eigenvalue weighted by molar-refractivity contribution is 9.10. The van der Waals surface area contributed by atoms with Crippen molar-refractivity contribution in [3.05, 3.63) is 349 Å². The molecule has 0 atom stereocenters. The number of aromatic nitrogens is 4. The fraction of sp³-hybridized carbons (Fsp3) is 0.184. The zero-order chi connectivity index (χ0) is 95.8. The Morgan fingerprint density at radius 3 is 0.763 bits per heavy atom. The lowest BCUT2D eigenvalue weighted by Gasteiger charge is -2.29. The molecule has 0 radical (unpaired) electrons. The number of hydrogen-bond donors (Lipinski definition) is 12. The van der Waals surface area contributed by atoms with Gasteiger partial charge in [0, 0.05) is 141 Å². The number of carbonyl (C=O) groups is 8. The van der Waals surface area contributed by atoms with Crippen molar-refractivity contribution in [2.45, 2.75) is 64.2 Å². The molecular formula is C98H87BrCl8N20O8. The minimum absolute atomic E-state index is 0.0787. The number of piperidine rings is 2. The molecule has 8 aromatic carbocycles. The summed E-state index contributed by atoms with van der Waals surface area (Å²) >= 11 is 51.4. The van der Waals surface area contributed by atoms with Crippen molar-refractivity contribution in [3.8, 4) is 0 Å². The Kier molecular flexibility index (Phi) is 35.0. The summed E-state index contributed by atoms with van der Waals surface area (Å²) in [6.45, 7) is 7.05. The first-order valence-corrected chi connectivity index (χ1v) is 46.5. The third kappa shape index (κ3) is 27.8. The molecule has 8 heterocycles. The third-order valence-corrected chi connectivity index (χ3v) is 24.1. The molecule has 4 fully saturated rings. The van der Waals surface area contributed by atoms with Gasteiger partial charge in [-0.05, 0) is 228 Å². The molecule has 4 aromatic heterocycles. The van der Waals surface area contributed by atoms with E-state index in [1.807, 2.05) is 9.80 Å². The van der Waals surface area contributed by atoms with Gasteiger partial charge in [-0.25, -0.2) is 19.9 Å². The number of nitrogens with zero attached hydrogens (tertiary/aromatic N) is 8. The fourth-order valence-electron chi connectivity index (χ4n) is 14.6. The second kappa shape index (κ2) is 47.6. The molecule has 8 amide bonds. The molecule has 4 aliphatic rings. The van der Waals surface area contributed by atoms with Gasteiger partial charge in [0.1, 0.15) is 46.6 Å². The van der Waals surface area contributed by atoms with E-state index < -0.39 is 29.5 Å². The summed E-state index contributed by atoms with van der Waals surface area (Å²) in [6.07, 6.45) is 16.8. The zero-order valence-electron chi connectivity index (χ0n) is 72.0. The second-order valence-corrected chi connectivity index (χ2v) is 35.5. The number of rotatable bonds is 20. The van der Waals surface area contributed by atoms with Gasteiger partial charge in [0.15, 0.2) is 0 Å². The highest BCUT2D eigenvalue weighted by Gasteiger charge is 2.27. The second-order valence-electron chi connectivity index (χ2n) is 31.1. The first-order chi connectivity index (χ1) is 65.0. The van der Waals surface area contributed by atoms with Crippen LogP contribution in [0, 0.1) is 21.6 Å². The summed E-state index contributed by atoms with van der Waals surface area (Å²) in [6, 6.07) is 57.4. The number of pyridine rings is 4. The van der Waals surface area contributed by atoms with E-state index in [-0.39, 0.29) is 61.5 Å². The van der Waals surface area contributed by atoms with E-state index in [0.29, 0.717) is 115 Å². The maximum absolute atomic E-state index is 12.9. The lowest BCUT2D eigenvalue weighted by Crippen LogP contribution is -2.35. The number of hydrogen-bond acceptors (Lipinski definition) is 16. The average Bonchev–Trinajstić information content (AvgIpc) is 1.68. The van der Waals surface area contributed by atoms with Gasteiger partial charge in [-0.3, -0.25) is 60.0 Å². The highest BCUT2D eigenvalue weighted by Crippen LogP contribution is 2.34. The Hall–Kier alpha value is -13.2. The van der Waals surface area contributed by atoms with E-state index in [2.05, 4.69) is 88.2 Å². The van der Waals surface area contributed by atoms with Crippen LogP contribution < -0.4 is 42.5 Å². The normalized spacial score (nSPS) is 13.1. The van der Waals surface area contributed by atoms with Gasteiger partial charge in [0.05, 0.1) is 70.1 Å². The monoisotopic (exact) mass is 2030 g/mol. The summed E-state index contributed by atoms with van der Waals surface area (Å²) in [5.74, 6) is -0.365. The first kappa shape index (κ1) is 99.3. The smallest absolute Gasteiger partial charge is 0.259 e. The van der Waals surface area contributed by atoms with Crippen molar-refractivity contribution < 1.29 is 38.4 Å². The summed E-state index contributed by atoms with van der Waals surface area (Å²) in [4.78, 5) is 127. The quantitative estimate of drug-likeness (QED) is 0.0249. The lowest BCUT2D eigenvalue weighted by atomic mass is 10.1. The molecule has 4 saturated heterocycles. The standard InChI is InChI=1S/C25H23BrClN5O2.C25H23Cl2N5O2.C24H20Cl3N5O2.C24H21Cl2N5O2/c2*26-18-8-10-21(20(14-18)25(34)31-22-11-9-19(27)15-29-22)30-24(33)17-6-4-16(5-7-17)23(28)32-12-2-1-3-13-32;25-16-7-8-20(29-13-16)30-24(34)18-11-17(26)12-19(27)21(18)31-23(33)15-5-3-14(4-6-15)22(28)32-9-1-2-10-32;25-17-7-9-20(19(13-17)24(33)30-21-10-8-18(26)14-28-21)29-23(32)16-5-3-15(4-6-16)22(27)31-11-1-2-12-31/h2*4-11,14-15,28H,1-3,12-13H2,(H,30,33)(H,29,31,34);3-8,11-13,28H,1-2,9-10H2,(H,31,33)(H,29,30,34);3-10,13-14,27H,1-2,11-12H2,(H,29,32)(H,28,30,33). The molecule has 12 N–H and O–H groups in total. The van der Waals surface area contributed by atoms with Crippen molar-refractivity contribution >= 4 is 225 Å². The molecule has 28 nitrogen and oxygen atoms in total. The maximum atomic E-state index is 12.9. The van der Waals surface area contributed by atoms with Crippen molar-refractivity contribution in [2.75, 3.05) is 94.9 Å². The fourth-order valence-corrected chi connectivity index (χ4v) is 16.3. The van der Waals surface area contributed by atoms with Crippen LogP contribution in [0.2, 0.25) is 40.2 Å². The molecule has 0 unspecified atom stereocenters. The number of halogens is 9. The van der Waals surface area contributed by atoms with Gasteiger partial charge >= 0.3 is 0 Å². The highest BCUT2D eigenvalue weighted by atomic mass is 79.9. The van der Waals surface area contributed by atoms with Crippen LogP contribution in [0.25, 0.3) is 0 Å². The largest absolute Gasteiger partial charge is 0.357 e. The van der Waals surface area contributed by atoms with Gasteiger partial charge in [-0.2, -0.15) is 0 Å². The molecule has 16 rings (SSSR count). The van der Waals surface area contributed by atoms with Gasteiger partial charge in [0.2, 0.25) is 0 Å². The number of amides is 8. The Balaban J connectivity index is 0.000000152. The van der Waals surface area contributed by atoms with E-state index in [0.717, 1.165) is 126 Å². The van der Waals surface area contributed by atoms with Gasteiger partial charge < -0.3 is 62.1 Å².